The fraction of sp³-hybridized carbons (Fsp3) is 0.600. The minimum Gasteiger partial charge on any atom is -0.468 e. The molecule has 14 heavy (non-hydrogen) atoms. The summed E-state index contributed by atoms with van der Waals surface area (Å²) in [6.45, 7) is 3.24. The van der Waals surface area contributed by atoms with Crippen LogP contribution in [-0.4, -0.2) is 37.8 Å². The largest absolute Gasteiger partial charge is 0.468 e. The molecule has 0 radical (unpaired) electrons. The molecular formula is C10H15FN2O. The first kappa shape index (κ1) is 9.68. The molecule has 0 aromatic carbocycles. The third kappa shape index (κ3) is 1.96. The average Bonchev–Trinajstić information content (AvgIpc) is 2.74. The minimum absolute atomic E-state index is 0.202. The van der Waals surface area contributed by atoms with Crippen LogP contribution in [0.15, 0.2) is 22.8 Å². The molecule has 1 saturated heterocycles. The van der Waals surface area contributed by atoms with E-state index in [2.05, 4.69) is 10.2 Å². The van der Waals surface area contributed by atoms with Gasteiger partial charge in [-0.3, -0.25) is 4.90 Å². The molecular weight excluding hydrogens is 183 g/mol. The second-order valence-electron chi connectivity index (χ2n) is 3.47. The predicted octanol–water partition coefficient (Wildman–Crippen LogP) is 1.20. The third-order valence-electron chi connectivity index (χ3n) is 2.61. The summed E-state index contributed by atoms with van der Waals surface area (Å²) in [7, 11) is 0. The standard InChI is InChI=1S/C10H15FN2O/c11-8-9(10-2-1-7-14-10)13-5-3-12-4-6-13/h1-2,7,9,12H,3-6,8H2/t9-/m0/s1. The smallest absolute Gasteiger partial charge is 0.123 e. The van der Waals surface area contributed by atoms with Gasteiger partial charge in [0.05, 0.1) is 12.3 Å². The van der Waals surface area contributed by atoms with Crippen LogP contribution in [-0.2, 0) is 0 Å². The fourth-order valence-electron chi connectivity index (χ4n) is 1.83. The Morgan fingerprint density at radius 1 is 1.50 bits per heavy atom. The number of nitrogens with one attached hydrogen (secondary N) is 1. The van der Waals surface area contributed by atoms with Crippen molar-refractivity contribution in [1.29, 1.82) is 0 Å². The van der Waals surface area contributed by atoms with Gasteiger partial charge in [-0.25, -0.2) is 4.39 Å². The first-order valence-electron chi connectivity index (χ1n) is 4.96. The van der Waals surface area contributed by atoms with Crippen LogP contribution in [0.4, 0.5) is 4.39 Å². The van der Waals surface area contributed by atoms with E-state index in [9.17, 15) is 4.39 Å². The second kappa shape index (κ2) is 4.57. The monoisotopic (exact) mass is 198 g/mol. The lowest BCUT2D eigenvalue weighted by molar-refractivity contribution is 0.130. The van der Waals surface area contributed by atoms with Crippen molar-refractivity contribution >= 4 is 0 Å². The Balaban J connectivity index is 2.04. The van der Waals surface area contributed by atoms with Crippen molar-refractivity contribution in [2.45, 2.75) is 6.04 Å². The summed E-state index contributed by atoms with van der Waals surface area (Å²) in [5, 5.41) is 3.24. The van der Waals surface area contributed by atoms with Gasteiger partial charge >= 0.3 is 0 Å². The zero-order valence-corrected chi connectivity index (χ0v) is 8.08. The quantitative estimate of drug-likeness (QED) is 0.791. The molecule has 1 aromatic heterocycles. The highest BCUT2D eigenvalue weighted by Gasteiger charge is 2.23. The molecule has 0 bridgehead atoms. The Bertz CT molecular complexity index is 257. The van der Waals surface area contributed by atoms with Crippen LogP contribution in [0.1, 0.15) is 11.8 Å². The number of halogens is 1. The van der Waals surface area contributed by atoms with Gasteiger partial charge in [0.25, 0.3) is 0 Å². The Hall–Kier alpha value is -0.870. The summed E-state index contributed by atoms with van der Waals surface area (Å²) >= 11 is 0. The van der Waals surface area contributed by atoms with E-state index in [0.717, 1.165) is 31.9 Å². The van der Waals surface area contributed by atoms with E-state index < -0.39 is 0 Å². The van der Waals surface area contributed by atoms with Crippen LogP contribution >= 0.6 is 0 Å². The SMILES string of the molecule is FC[C@@H](c1ccco1)N1CCNCC1. The van der Waals surface area contributed by atoms with E-state index in [-0.39, 0.29) is 12.7 Å². The van der Waals surface area contributed by atoms with Crippen molar-refractivity contribution in [3.8, 4) is 0 Å². The van der Waals surface area contributed by atoms with Gasteiger partial charge in [0.2, 0.25) is 0 Å². The molecule has 0 aliphatic carbocycles. The van der Waals surface area contributed by atoms with E-state index in [0.29, 0.717) is 0 Å². The number of hydrogen-bond acceptors (Lipinski definition) is 3. The van der Waals surface area contributed by atoms with Crippen molar-refractivity contribution in [2.75, 3.05) is 32.9 Å². The predicted molar refractivity (Wildman–Crippen MR) is 51.9 cm³/mol. The number of hydrogen-bond donors (Lipinski definition) is 1. The van der Waals surface area contributed by atoms with E-state index in [1.54, 1.807) is 12.3 Å². The number of alkyl halides is 1. The topological polar surface area (TPSA) is 28.4 Å². The zero-order valence-electron chi connectivity index (χ0n) is 8.08. The lowest BCUT2D eigenvalue weighted by Crippen LogP contribution is -2.45. The van der Waals surface area contributed by atoms with Crippen molar-refractivity contribution < 1.29 is 8.81 Å². The first-order chi connectivity index (χ1) is 6.92. The van der Waals surface area contributed by atoms with E-state index in [1.165, 1.54) is 0 Å². The number of nitrogens with zero attached hydrogens (tertiary/aromatic N) is 1. The molecule has 1 aromatic rings. The lowest BCUT2D eigenvalue weighted by atomic mass is 10.2. The van der Waals surface area contributed by atoms with Gasteiger partial charge in [0.1, 0.15) is 12.4 Å². The normalized spacial score (nSPS) is 20.9. The first-order valence-corrected chi connectivity index (χ1v) is 4.96. The van der Waals surface area contributed by atoms with Crippen LogP contribution < -0.4 is 5.32 Å². The van der Waals surface area contributed by atoms with Crippen LogP contribution in [0, 0.1) is 0 Å². The third-order valence-corrected chi connectivity index (χ3v) is 2.61. The van der Waals surface area contributed by atoms with Crippen molar-refractivity contribution in [2.24, 2.45) is 0 Å². The summed E-state index contributed by atoms with van der Waals surface area (Å²) in [6.07, 6.45) is 1.60. The summed E-state index contributed by atoms with van der Waals surface area (Å²) < 4.78 is 18.1. The summed E-state index contributed by atoms with van der Waals surface area (Å²) in [4.78, 5) is 2.12. The van der Waals surface area contributed by atoms with Crippen molar-refractivity contribution in [3.63, 3.8) is 0 Å². The highest BCUT2D eigenvalue weighted by atomic mass is 19.1. The number of furan rings is 1. The second-order valence-corrected chi connectivity index (χ2v) is 3.47. The summed E-state index contributed by atoms with van der Waals surface area (Å²) in [5.74, 6) is 0.731. The number of piperazine rings is 1. The van der Waals surface area contributed by atoms with Crippen LogP contribution in [0.2, 0.25) is 0 Å². The zero-order chi connectivity index (χ0) is 9.80. The van der Waals surface area contributed by atoms with Crippen molar-refractivity contribution in [1.82, 2.24) is 10.2 Å². The highest BCUT2D eigenvalue weighted by molar-refractivity contribution is 5.05. The molecule has 1 fully saturated rings. The molecule has 78 valence electrons. The van der Waals surface area contributed by atoms with E-state index >= 15 is 0 Å². The van der Waals surface area contributed by atoms with Crippen LogP contribution in [0.25, 0.3) is 0 Å². The molecule has 1 aliphatic rings. The number of rotatable bonds is 3. The van der Waals surface area contributed by atoms with Crippen LogP contribution in [0.3, 0.4) is 0 Å². The van der Waals surface area contributed by atoms with Gasteiger partial charge in [-0.2, -0.15) is 0 Å². The lowest BCUT2D eigenvalue weighted by Gasteiger charge is -2.32. The highest BCUT2D eigenvalue weighted by Crippen LogP contribution is 2.21. The molecule has 2 rings (SSSR count). The van der Waals surface area contributed by atoms with Gasteiger partial charge in [0.15, 0.2) is 0 Å². The molecule has 4 heteroatoms. The van der Waals surface area contributed by atoms with E-state index in [4.69, 9.17) is 4.42 Å². The Kier molecular flexibility index (Phi) is 3.16. The molecule has 0 unspecified atom stereocenters. The maximum Gasteiger partial charge on any atom is 0.123 e. The van der Waals surface area contributed by atoms with Gasteiger partial charge in [-0.15, -0.1) is 0 Å². The van der Waals surface area contributed by atoms with E-state index in [1.807, 2.05) is 6.07 Å². The Labute approximate surface area is 82.9 Å². The van der Waals surface area contributed by atoms with Crippen LogP contribution in [0.5, 0.6) is 0 Å². The molecule has 0 spiro atoms. The van der Waals surface area contributed by atoms with Gasteiger partial charge in [-0.1, -0.05) is 0 Å². The van der Waals surface area contributed by atoms with Gasteiger partial charge in [0, 0.05) is 26.2 Å². The Morgan fingerprint density at radius 3 is 2.86 bits per heavy atom. The molecule has 0 saturated carbocycles. The molecule has 1 aliphatic heterocycles. The molecule has 1 atom stereocenters. The average molecular weight is 198 g/mol. The maximum absolute atomic E-state index is 12.9. The molecule has 1 N–H and O–H groups in total. The maximum atomic E-state index is 12.9. The van der Waals surface area contributed by atoms with Gasteiger partial charge in [-0.05, 0) is 12.1 Å². The fourth-order valence-corrected chi connectivity index (χ4v) is 1.83. The summed E-state index contributed by atoms with van der Waals surface area (Å²) in [6, 6.07) is 3.44. The minimum atomic E-state index is -0.381. The summed E-state index contributed by atoms with van der Waals surface area (Å²) in [5.41, 5.74) is 0. The molecule has 3 nitrogen and oxygen atoms in total. The molecule has 0 amide bonds. The molecule has 2 heterocycles. The van der Waals surface area contributed by atoms with Crippen molar-refractivity contribution in [3.05, 3.63) is 24.2 Å². The Morgan fingerprint density at radius 2 is 2.29 bits per heavy atom. The van der Waals surface area contributed by atoms with Gasteiger partial charge < -0.3 is 9.73 Å².